The van der Waals surface area contributed by atoms with Gasteiger partial charge in [-0.2, -0.15) is 0 Å². The fourth-order valence-corrected chi connectivity index (χ4v) is 8.90. The van der Waals surface area contributed by atoms with Crippen LogP contribution in [0.1, 0.15) is 12.8 Å². The Balaban J connectivity index is 1.09. The summed E-state index contributed by atoms with van der Waals surface area (Å²) < 4.78 is 0. The van der Waals surface area contributed by atoms with E-state index < -0.39 is 0 Å². The minimum Gasteiger partial charge on any atom is -0.307 e. The van der Waals surface area contributed by atoms with E-state index >= 15 is 0 Å². The molecule has 0 atom stereocenters. The molecule has 0 amide bonds. The van der Waals surface area contributed by atoms with Crippen molar-refractivity contribution in [1.29, 1.82) is 0 Å². The van der Waals surface area contributed by atoms with Crippen LogP contribution in [0.2, 0.25) is 0 Å². The zero-order valence-electron chi connectivity index (χ0n) is 31.3. The molecule has 5 heterocycles. The molecule has 0 saturated heterocycles. The first-order chi connectivity index (χ1) is 28.8. The summed E-state index contributed by atoms with van der Waals surface area (Å²) in [5, 5.41) is 1.80. The SMILES string of the molecule is C1=CC(N2c3ccccc3N(c3ccc4c5nccnc5c5ccc(N6c7ccccc7N(c7ccccc7)c7ccccc76)nc5c4n3)c3ccccc32)=CCC1. The molecule has 0 N–H and O–H groups in total. The monoisotopic (exact) mass is 746 g/mol. The molecular formula is C50H34N8. The zero-order chi connectivity index (χ0) is 38.2. The number of nitrogens with zero attached hydrogens (tertiary/aromatic N) is 8. The van der Waals surface area contributed by atoms with E-state index in [1.165, 1.54) is 5.70 Å². The van der Waals surface area contributed by atoms with Gasteiger partial charge in [-0.25, -0.2) is 9.97 Å². The molecule has 3 aromatic heterocycles. The van der Waals surface area contributed by atoms with Crippen molar-refractivity contribution in [1.82, 2.24) is 19.9 Å². The van der Waals surface area contributed by atoms with E-state index in [9.17, 15) is 0 Å². The topological polar surface area (TPSA) is 64.5 Å². The zero-order valence-corrected chi connectivity index (χ0v) is 31.3. The number of fused-ring (bicyclic) bond motifs is 10. The average molecular weight is 747 g/mol. The van der Waals surface area contributed by atoms with Gasteiger partial charge >= 0.3 is 0 Å². The lowest BCUT2D eigenvalue weighted by Crippen LogP contribution is -2.27. The molecule has 3 aliphatic rings. The maximum atomic E-state index is 5.56. The number of hydrogen-bond donors (Lipinski definition) is 0. The van der Waals surface area contributed by atoms with Crippen LogP contribution in [-0.4, -0.2) is 19.9 Å². The van der Waals surface area contributed by atoms with Crippen LogP contribution < -0.4 is 19.6 Å². The number of para-hydroxylation sites is 9. The van der Waals surface area contributed by atoms with Crippen LogP contribution in [0.25, 0.3) is 32.8 Å². The van der Waals surface area contributed by atoms with Gasteiger partial charge in [0.15, 0.2) is 0 Å². The van der Waals surface area contributed by atoms with Gasteiger partial charge in [-0.3, -0.25) is 19.8 Å². The Morgan fingerprint density at radius 3 is 1.21 bits per heavy atom. The highest BCUT2D eigenvalue weighted by Crippen LogP contribution is 2.55. The Labute approximate surface area is 334 Å². The molecule has 274 valence electrons. The number of rotatable bonds is 4. The Bertz CT molecular complexity index is 3080. The third-order valence-corrected chi connectivity index (χ3v) is 11.4. The van der Waals surface area contributed by atoms with Crippen molar-refractivity contribution in [3.63, 3.8) is 0 Å². The van der Waals surface area contributed by atoms with E-state index in [-0.39, 0.29) is 0 Å². The van der Waals surface area contributed by atoms with Crippen molar-refractivity contribution in [3.05, 3.63) is 188 Å². The molecule has 0 bridgehead atoms. The number of hydrogen-bond acceptors (Lipinski definition) is 8. The number of allylic oxidation sites excluding steroid dienone is 3. The summed E-state index contributed by atoms with van der Waals surface area (Å²) in [4.78, 5) is 30.1. The van der Waals surface area contributed by atoms with Crippen molar-refractivity contribution >= 4 is 95.7 Å². The molecule has 6 aromatic carbocycles. The molecule has 2 aliphatic heterocycles. The fourth-order valence-electron chi connectivity index (χ4n) is 8.90. The lowest BCUT2D eigenvalue weighted by Gasteiger charge is -2.40. The molecular weight excluding hydrogens is 713 g/mol. The Hall–Kier alpha value is -7.84. The molecule has 0 radical (unpaired) electrons. The van der Waals surface area contributed by atoms with Crippen molar-refractivity contribution in [2.75, 3.05) is 19.6 Å². The summed E-state index contributed by atoms with van der Waals surface area (Å²) in [5.41, 5.74) is 13.9. The Morgan fingerprint density at radius 1 is 0.362 bits per heavy atom. The molecule has 8 nitrogen and oxygen atoms in total. The molecule has 0 saturated carbocycles. The third-order valence-electron chi connectivity index (χ3n) is 11.4. The van der Waals surface area contributed by atoms with Crippen molar-refractivity contribution in [2.24, 2.45) is 0 Å². The molecule has 0 unspecified atom stereocenters. The Kier molecular flexibility index (Phi) is 7.19. The quantitative estimate of drug-likeness (QED) is 0.165. The van der Waals surface area contributed by atoms with Crippen LogP contribution >= 0.6 is 0 Å². The molecule has 0 spiro atoms. The highest BCUT2D eigenvalue weighted by atomic mass is 15.3. The number of aromatic nitrogens is 4. The second-order valence-corrected chi connectivity index (χ2v) is 14.6. The van der Waals surface area contributed by atoms with Crippen molar-refractivity contribution in [3.8, 4) is 0 Å². The van der Waals surface area contributed by atoms with Crippen LogP contribution in [0.5, 0.6) is 0 Å². The van der Waals surface area contributed by atoms with Gasteiger partial charge in [-0.15, -0.1) is 0 Å². The van der Waals surface area contributed by atoms with Crippen LogP contribution in [0.3, 0.4) is 0 Å². The Morgan fingerprint density at radius 2 is 0.776 bits per heavy atom. The predicted octanol–water partition coefficient (Wildman–Crippen LogP) is 13.1. The largest absolute Gasteiger partial charge is 0.307 e. The second-order valence-electron chi connectivity index (χ2n) is 14.6. The number of pyridine rings is 2. The highest BCUT2D eigenvalue weighted by Gasteiger charge is 2.33. The lowest BCUT2D eigenvalue weighted by molar-refractivity contribution is 0.991. The van der Waals surface area contributed by atoms with E-state index in [2.05, 4.69) is 189 Å². The first-order valence-corrected chi connectivity index (χ1v) is 19.6. The minimum absolute atomic E-state index is 0.764. The predicted molar refractivity (Wildman–Crippen MR) is 236 cm³/mol. The van der Waals surface area contributed by atoms with Crippen LogP contribution in [0, 0.1) is 0 Å². The van der Waals surface area contributed by atoms with Gasteiger partial charge in [-0.1, -0.05) is 78.9 Å². The number of benzene rings is 6. The molecule has 9 aromatic rings. The van der Waals surface area contributed by atoms with E-state index in [4.69, 9.17) is 19.9 Å². The van der Waals surface area contributed by atoms with Crippen LogP contribution in [0.15, 0.2) is 188 Å². The first-order valence-electron chi connectivity index (χ1n) is 19.6. The van der Waals surface area contributed by atoms with E-state index in [0.29, 0.717) is 0 Å². The third kappa shape index (κ3) is 4.81. The molecule has 8 heteroatoms. The molecule has 0 fully saturated rings. The van der Waals surface area contributed by atoms with E-state index in [1.807, 2.05) is 0 Å². The van der Waals surface area contributed by atoms with Crippen LogP contribution in [-0.2, 0) is 0 Å². The first kappa shape index (κ1) is 32.4. The van der Waals surface area contributed by atoms with Crippen LogP contribution in [0.4, 0.5) is 62.8 Å². The molecule has 1 aliphatic carbocycles. The van der Waals surface area contributed by atoms with Gasteiger partial charge in [-0.05, 0) is 104 Å². The lowest BCUT2D eigenvalue weighted by atomic mass is 10.0. The van der Waals surface area contributed by atoms with Gasteiger partial charge in [0.25, 0.3) is 0 Å². The maximum absolute atomic E-state index is 5.56. The molecule has 58 heavy (non-hydrogen) atoms. The van der Waals surface area contributed by atoms with Gasteiger partial charge in [0, 0.05) is 34.6 Å². The highest BCUT2D eigenvalue weighted by molar-refractivity contribution is 6.21. The van der Waals surface area contributed by atoms with Crippen molar-refractivity contribution < 1.29 is 0 Å². The average Bonchev–Trinajstić information content (AvgIpc) is 3.30. The molecule has 12 rings (SSSR count). The summed E-state index contributed by atoms with van der Waals surface area (Å²) >= 11 is 0. The van der Waals surface area contributed by atoms with Gasteiger partial charge in [0.2, 0.25) is 0 Å². The summed E-state index contributed by atoms with van der Waals surface area (Å²) in [6.07, 6.45) is 12.4. The maximum Gasteiger partial charge on any atom is 0.138 e. The van der Waals surface area contributed by atoms with E-state index in [1.54, 1.807) is 12.4 Å². The van der Waals surface area contributed by atoms with Gasteiger partial charge in [0.05, 0.1) is 56.5 Å². The smallest absolute Gasteiger partial charge is 0.138 e. The fraction of sp³-hybridized carbons (Fsp3) is 0.0400. The summed E-state index contributed by atoms with van der Waals surface area (Å²) in [7, 11) is 0. The van der Waals surface area contributed by atoms with E-state index in [0.717, 1.165) is 109 Å². The van der Waals surface area contributed by atoms with Gasteiger partial charge in [0.1, 0.15) is 22.7 Å². The number of anilines is 11. The van der Waals surface area contributed by atoms with Crippen molar-refractivity contribution in [2.45, 2.75) is 12.8 Å². The van der Waals surface area contributed by atoms with Gasteiger partial charge < -0.3 is 9.80 Å². The standard InChI is InChI=1S/C50H34N8/c1-3-15-33(16-4-1)55-37-19-7-11-23-41(37)57(42-24-12-8-20-38(42)55)45-29-27-35-47-48(52-32-31-51-47)36-28-30-46(54-50(36)49(35)53-45)58-43-25-13-9-21-39(43)56(34-17-5-2-6-18-34)40-22-10-14-26-44(40)58/h1,3-5,7-32H,2,6H2. The summed E-state index contributed by atoms with van der Waals surface area (Å²) in [6, 6.07) is 53.2. The minimum atomic E-state index is 0.764. The normalized spacial score (nSPS) is 14.3. The second kappa shape index (κ2) is 12.9. The summed E-state index contributed by atoms with van der Waals surface area (Å²) in [5.74, 6) is 1.58. The summed E-state index contributed by atoms with van der Waals surface area (Å²) in [6.45, 7) is 0.